The van der Waals surface area contributed by atoms with Crippen LogP contribution in [0.15, 0.2) is 23.4 Å². The van der Waals surface area contributed by atoms with Crippen molar-refractivity contribution in [3.8, 4) is 0 Å². The van der Waals surface area contributed by atoms with Crippen LogP contribution >= 0.6 is 0 Å². The summed E-state index contributed by atoms with van der Waals surface area (Å²) in [7, 11) is 7.47. The number of nitrogens with zero attached hydrogens (tertiary/aromatic N) is 3. The fourth-order valence-corrected chi connectivity index (χ4v) is 2.34. The maximum absolute atomic E-state index is 8.17. The number of methoxy groups -OCH3 is 1. The lowest BCUT2D eigenvalue weighted by Crippen LogP contribution is -2.26. The Hall–Kier alpha value is -2.08. The molecule has 0 unspecified atom stereocenters. The van der Waals surface area contributed by atoms with Crippen LogP contribution in [0.3, 0.4) is 0 Å². The third-order valence-corrected chi connectivity index (χ3v) is 3.68. The van der Waals surface area contributed by atoms with Crippen molar-refractivity contribution < 1.29 is 9.57 Å². The van der Waals surface area contributed by atoms with Gasteiger partial charge in [0.2, 0.25) is 0 Å². The molecule has 0 spiro atoms. The van der Waals surface area contributed by atoms with Crippen LogP contribution in [0, 0.1) is 5.41 Å². The van der Waals surface area contributed by atoms with Gasteiger partial charge in [0.1, 0.15) is 12.4 Å². The SMILES string of the molecule is COCCN(C)c1cc(C(=N)N(C)C)ccc1C1=NOCC1. The van der Waals surface area contributed by atoms with Crippen LogP contribution in [0.2, 0.25) is 0 Å². The molecule has 0 amide bonds. The molecule has 0 radical (unpaired) electrons. The number of nitrogens with one attached hydrogen (secondary N) is 1. The van der Waals surface area contributed by atoms with Crippen LogP contribution in [0.1, 0.15) is 17.5 Å². The van der Waals surface area contributed by atoms with Gasteiger partial charge in [0.15, 0.2) is 0 Å². The van der Waals surface area contributed by atoms with Crippen LogP contribution < -0.4 is 4.90 Å². The molecule has 6 nitrogen and oxygen atoms in total. The lowest BCUT2D eigenvalue weighted by atomic mass is 10.0. The van der Waals surface area contributed by atoms with Gasteiger partial charge < -0.3 is 19.4 Å². The van der Waals surface area contributed by atoms with Crippen molar-refractivity contribution in [2.45, 2.75) is 6.42 Å². The molecule has 6 heteroatoms. The summed E-state index contributed by atoms with van der Waals surface area (Å²) < 4.78 is 5.17. The fourth-order valence-electron chi connectivity index (χ4n) is 2.34. The van der Waals surface area contributed by atoms with Gasteiger partial charge in [0.05, 0.1) is 12.3 Å². The molecule has 0 saturated heterocycles. The average Bonchev–Trinajstić information content (AvgIpc) is 3.05. The monoisotopic (exact) mass is 304 g/mol. The Balaban J connectivity index is 2.38. The quantitative estimate of drug-likeness (QED) is 0.643. The van der Waals surface area contributed by atoms with E-state index in [2.05, 4.69) is 10.1 Å². The lowest BCUT2D eigenvalue weighted by molar-refractivity contribution is 0.174. The van der Waals surface area contributed by atoms with Gasteiger partial charge in [0, 0.05) is 58.0 Å². The molecule has 0 aromatic heterocycles. The number of amidine groups is 1. The molecule has 1 N–H and O–H groups in total. The molecule has 0 aliphatic carbocycles. The first-order valence-corrected chi connectivity index (χ1v) is 7.34. The van der Waals surface area contributed by atoms with E-state index in [-0.39, 0.29) is 0 Å². The summed E-state index contributed by atoms with van der Waals surface area (Å²) >= 11 is 0. The average molecular weight is 304 g/mol. The number of rotatable bonds is 6. The zero-order chi connectivity index (χ0) is 16.1. The minimum atomic E-state index is 0.484. The van der Waals surface area contributed by atoms with E-state index in [1.807, 2.05) is 39.3 Å². The third-order valence-electron chi connectivity index (χ3n) is 3.68. The predicted molar refractivity (Wildman–Crippen MR) is 89.2 cm³/mol. The van der Waals surface area contributed by atoms with E-state index in [4.69, 9.17) is 15.0 Å². The second-order valence-electron chi connectivity index (χ2n) is 5.51. The Morgan fingerprint density at radius 2 is 2.14 bits per heavy atom. The molecule has 0 atom stereocenters. The molecule has 22 heavy (non-hydrogen) atoms. The second-order valence-corrected chi connectivity index (χ2v) is 5.51. The number of hydrogen-bond acceptors (Lipinski definition) is 5. The van der Waals surface area contributed by atoms with Crippen molar-refractivity contribution in [2.24, 2.45) is 5.16 Å². The number of likely N-dealkylation sites (N-methyl/N-ethyl adjacent to an activating group) is 1. The summed E-state index contributed by atoms with van der Waals surface area (Å²) in [5.41, 5.74) is 3.95. The van der Waals surface area contributed by atoms with Gasteiger partial charge in [-0.2, -0.15) is 0 Å². The highest BCUT2D eigenvalue weighted by Crippen LogP contribution is 2.25. The summed E-state index contributed by atoms with van der Waals surface area (Å²) in [6, 6.07) is 6.03. The number of oxime groups is 1. The summed E-state index contributed by atoms with van der Waals surface area (Å²) in [5, 5.41) is 12.3. The maximum Gasteiger partial charge on any atom is 0.127 e. The first kappa shape index (κ1) is 16.3. The molecule has 0 saturated carbocycles. The fraction of sp³-hybridized carbons (Fsp3) is 0.500. The van der Waals surface area contributed by atoms with Crippen molar-refractivity contribution >= 4 is 17.2 Å². The van der Waals surface area contributed by atoms with Crippen molar-refractivity contribution in [2.75, 3.05) is 52.9 Å². The Bertz CT molecular complexity index is 569. The van der Waals surface area contributed by atoms with Gasteiger partial charge in [0.25, 0.3) is 0 Å². The molecule has 0 bridgehead atoms. The molecule has 120 valence electrons. The standard InChI is InChI=1S/C16H24N4O2/c1-19(2)16(17)12-5-6-13(14-7-9-22-18-14)15(11-12)20(3)8-10-21-4/h5-6,11,17H,7-10H2,1-4H3. The Morgan fingerprint density at radius 1 is 1.36 bits per heavy atom. The van der Waals surface area contributed by atoms with Gasteiger partial charge >= 0.3 is 0 Å². The number of benzene rings is 1. The molecular weight excluding hydrogens is 280 g/mol. The third kappa shape index (κ3) is 3.57. The maximum atomic E-state index is 8.17. The summed E-state index contributed by atoms with van der Waals surface area (Å²) in [6.45, 7) is 2.05. The van der Waals surface area contributed by atoms with Gasteiger partial charge in [-0.15, -0.1) is 0 Å². The van der Waals surface area contributed by atoms with Gasteiger partial charge in [-0.25, -0.2) is 0 Å². The van der Waals surface area contributed by atoms with Crippen LogP contribution in [0.4, 0.5) is 5.69 Å². The first-order chi connectivity index (χ1) is 10.5. The van der Waals surface area contributed by atoms with Gasteiger partial charge in [-0.3, -0.25) is 5.41 Å². The zero-order valence-electron chi connectivity index (χ0n) is 13.7. The van der Waals surface area contributed by atoms with Crippen molar-refractivity contribution in [3.63, 3.8) is 0 Å². The van der Waals surface area contributed by atoms with Crippen LogP contribution in [0.5, 0.6) is 0 Å². The molecular formula is C16H24N4O2. The van der Waals surface area contributed by atoms with Crippen LogP contribution in [0.25, 0.3) is 0 Å². The Morgan fingerprint density at radius 3 is 2.73 bits per heavy atom. The highest BCUT2D eigenvalue weighted by atomic mass is 16.6. The van der Waals surface area contributed by atoms with Crippen molar-refractivity contribution in [1.29, 1.82) is 5.41 Å². The topological polar surface area (TPSA) is 61.2 Å². The van der Waals surface area contributed by atoms with Crippen molar-refractivity contribution in [1.82, 2.24) is 4.90 Å². The minimum absolute atomic E-state index is 0.484. The van der Waals surface area contributed by atoms with E-state index in [1.165, 1.54) is 0 Å². The highest BCUT2D eigenvalue weighted by Gasteiger charge is 2.18. The molecule has 0 fully saturated rings. The van der Waals surface area contributed by atoms with E-state index < -0.39 is 0 Å². The molecule has 1 aromatic rings. The molecule has 1 aromatic carbocycles. The van der Waals surface area contributed by atoms with Gasteiger partial charge in [-0.1, -0.05) is 17.3 Å². The normalized spacial score (nSPS) is 13.5. The summed E-state index contributed by atoms with van der Waals surface area (Å²) in [4.78, 5) is 9.06. The molecule has 1 heterocycles. The van der Waals surface area contributed by atoms with Crippen LogP contribution in [-0.2, 0) is 9.57 Å². The Labute approximate surface area is 131 Å². The molecule has 1 aliphatic rings. The molecule has 1 aliphatic heterocycles. The van der Waals surface area contributed by atoms with E-state index >= 15 is 0 Å². The largest absolute Gasteiger partial charge is 0.395 e. The zero-order valence-corrected chi connectivity index (χ0v) is 13.7. The summed E-state index contributed by atoms with van der Waals surface area (Å²) in [6.07, 6.45) is 0.815. The van der Waals surface area contributed by atoms with Gasteiger partial charge in [-0.05, 0) is 6.07 Å². The predicted octanol–water partition coefficient (Wildman–Crippen LogP) is 1.78. The smallest absolute Gasteiger partial charge is 0.127 e. The van der Waals surface area contributed by atoms with E-state index in [9.17, 15) is 0 Å². The Kier molecular flexibility index (Phi) is 5.38. The molecule has 2 rings (SSSR count). The number of anilines is 1. The second kappa shape index (κ2) is 7.26. The summed E-state index contributed by atoms with van der Waals surface area (Å²) in [5.74, 6) is 0.484. The highest BCUT2D eigenvalue weighted by molar-refractivity contribution is 6.07. The lowest BCUT2D eigenvalue weighted by Gasteiger charge is -2.24. The number of hydrogen-bond donors (Lipinski definition) is 1. The van der Waals surface area contributed by atoms with E-state index in [0.29, 0.717) is 19.0 Å². The van der Waals surface area contributed by atoms with Crippen molar-refractivity contribution in [3.05, 3.63) is 29.3 Å². The first-order valence-electron chi connectivity index (χ1n) is 7.34. The minimum Gasteiger partial charge on any atom is -0.395 e. The van der Waals surface area contributed by atoms with E-state index in [1.54, 1.807) is 12.0 Å². The van der Waals surface area contributed by atoms with E-state index in [0.717, 1.165) is 35.5 Å². The number of ether oxygens (including phenoxy) is 1. The van der Waals surface area contributed by atoms with Crippen LogP contribution in [-0.4, -0.2) is 64.5 Å².